The van der Waals surface area contributed by atoms with Crippen molar-refractivity contribution in [1.29, 1.82) is 0 Å². The number of nitrogens with one attached hydrogen (secondary N) is 3. The number of aromatic amines is 2. The minimum Gasteiger partial charge on any atom is -0.481 e. The molecule has 4 rings (SSSR count). The Bertz CT molecular complexity index is 1160. The lowest BCUT2D eigenvalue weighted by Crippen LogP contribution is -2.38. The highest BCUT2D eigenvalue weighted by Crippen LogP contribution is 2.34. The van der Waals surface area contributed by atoms with Crippen LogP contribution in [0.15, 0.2) is 47.3 Å². The van der Waals surface area contributed by atoms with E-state index in [9.17, 15) is 19.5 Å². The summed E-state index contributed by atoms with van der Waals surface area (Å²) < 4.78 is 0. The molecule has 0 radical (unpaired) electrons. The van der Waals surface area contributed by atoms with Crippen LogP contribution >= 0.6 is 0 Å². The van der Waals surface area contributed by atoms with E-state index < -0.39 is 23.8 Å². The fraction of sp³-hybridized carbons (Fsp3) is 0.375. The first-order valence-corrected chi connectivity index (χ1v) is 10.7. The van der Waals surface area contributed by atoms with Gasteiger partial charge in [0.25, 0.3) is 0 Å². The number of rotatable bonds is 6. The summed E-state index contributed by atoms with van der Waals surface area (Å²) >= 11 is 0. The van der Waals surface area contributed by atoms with Gasteiger partial charge in [-0.25, -0.2) is 4.79 Å². The van der Waals surface area contributed by atoms with Crippen LogP contribution in [0.3, 0.4) is 0 Å². The molecular weight excluding hydrogens is 394 g/mol. The summed E-state index contributed by atoms with van der Waals surface area (Å²) in [6, 6.07) is 13.0. The zero-order chi connectivity index (χ0) is 22.1. The molecule has 7 nitrogen and oxygen atoms in total. The number of aliphatic carboxylic acids is 1. The lowest BCUT2D eigenvalue weighted by molar-refractivity contribution is -0.146. The van der Waals surface area contributed by atoms with Crippen LogP contribution in [0.1, 0.15) is 61.8 Å². The van der Waals surface area contributed by atoms with Crippen molar-refractivity contribution in [2.75, 3.05) is 0 Å². The number of fused-ring (bicyclic) bond motifs is 1. The van der Waals surface area contributed by atoms with E-state index >= 15 is 0 Å². The van der Waals surface area contributed by atoms with Crippen LogP contribution in [0.5, 0.6) is 0 Å². The number of carbonyl (C=O) groups is 2. The van der Waals surface area contributed by atoms with Crippen LogP contribution < -0.4 is 11.0 Å². The van der Waals surface area contributed by atoms with E-state index in [2.05, 4.69) is 29.1 Å². The lowest BCUT2D eigenvalue weighted by Gasteiger charge is -2.24. The maximum atomic E-state index is 13.2. The third kappa shape index (κ3) is 4.13. The third-order valence-corrected chi connectivity index (χ3v) is 6.29. The van der Waals surface area contributed by atoms with Gasteiger partial charge in [0.2, 0.25) is 5.91 Å². The van der Waals surface area contributed by atoms with Gasteiger partial charge in [-0.3, -0.25) is 9.59 Å². The number of hydrogen-bond acceptors (Lipinski definition) is 3. The molecule has 0 aliphatic heterocycles. The molecule has 1 fully saturated rings. The number of hydrogen-bond donors (Lipinski definition) is 4. The maximum absolute atomic E-state index is 13.2. The van der Waals surface area contributed by atoms with E-state index in [-0.39, 0.29) is 11.6 Å². The number of carboxylic acids is 1. The van der Waals surface area contributed by atoms with Crippen molar-refractivity contribution in [1.82, 2.24) is 15.3 Å². The summed E-state index contributed by atoms with van der Waals surface area (Å²) in [7, 11) is 0. The molecule has 1 saturated carbocycles. The average Bonchev–Trinajstić information content (AvgIpc) is 3.38. The van der Waals surface area contributed by atoms with Gasteiger partial charge in [-0.2, -0.15) is 0 Å². The first-order chi connectivity index (χ1) is 14.8. The zero-order valence-electron chi connectivity index (χ0n) is 17.6. The molecule has 2 unspecified atom stereocenters. The molecule has 7 heteroatoms. The van der Waals surface area contributed by atoms with Gasteiger partial charge in [0.05, 0.1) is 28.9 Å². The Labute approximate surface area is 179 Å². The van der Waals surface area contributed by atoms with Gasteiger partial charge in [-0.15, -0.1) is 0 Å². The fourth-order valence-corrected chi connectivity index (χ4v) is 4.55. The van der Waals surface area contributed by atoms with Gasteiger partial charge in [-0.05, 0) is 36.0 Å². The molecule has 1 amide bonds. The highest BCUT2D eigenvalue weighted by atomic mass is 16.4. The van der Waals surface area contributed by atoms with Gasteiger partial charge in [-0.1, -0.05) is 56.7 Å². The molecule has 31 heavy (non-hydrogen) atoms. The number of carbonyl (C=O) groups excluding carboxylic acids is 1. The van der Waals surface area contributed by atoms with E-state index in [1.54, 1.807) is 6.07 Å². The predicted molar refractivity (Wildman–Crippen MR) is 118 cm³/mol. The van der Waals surface area contributed by atoms with E-state index in [0.717, 1.165) is 17.5 Å². The first-order valence-electron chi connectivity index (χ1n) is 10.7. The summed E-state index contributed by atoms with van der Waals surface area (Å²) in [5, 5.41) is 12.6. The minimum absolute atomic E-state index is 0.266. The van der Waals surface area contributed by atoms with Gasteiger partial charge in [0.15, 0.2) is 0 Å². The van der Waals surface area contributed by atoms with Gasteiger partial charge < -0.3 is 20.4 Å². The second-order valence-corrected chi connectivity index (χ2v) is 8.59. The van der Waals surface area contributed by atoms with Crippen LogP contribution in [0.2, 0.25) is 0 Å². The fourth-order valence-electron chi connectivity index (χ4n) is 4.55. The molecular formula is C24H27N3O4. The maximum Gasteiger partial charge on any atom is 0.323 e. The van der Waals surface area contributed by atoms with Gasteiger partial charge in [0.1, 0.15) is 0 Å². The normalized spacial score (nSPS) is 19.6. The SMILES string of the molecule is CC(C)c1ccc([C@@H](NC(=O)C2CCCC2C(=O)O)c2cccc3[nH]c(=O)[nH]c23)cc1. The van der Waals surface area contributed by atoms with E-state index in [1.165, 1.54) is 5.56 Å². The summed E-state index contributed by atoms with van der Waals surface area (Å²) in [5.41, 5.74) is 3.79. The van der Waals surface area contributed by atoms with Crippen molar-refractivity contribution in [3.63, 3.8) is 0 Å². The third-order valence-electron chi connectivity index (χ3n) is 6.29. The van der Waals surface area contributed by atoms with Gasteiger partial charge >= 0.3 is 11.7 Å². The van der Waals surface area contributed by atoms with E-state index in [4.69, 9.17) is 0 Å². The average molecular weight is 421 g/mol. The molecule has 4 N–H and O–H groups in total. The Kier molecular flexibility index (Phi) is 5.67. The largest absolute Gasteiger partial charge is 0.481 e. The predicted octanol–water partition coefficient (Wildman–Crippen LogP) is 3.69. The minimum atomic E-state index is -0.924. The number of aromatic nitrogens is 2. The second kappa shape index (κ2) is 8.41. The number of benzene rings is 2. The highest BCUT2D eigenvalue weighted by Gasteiger charge is 2.38. The molecule has 0 bridgehead atoms. The number of imidazole rings is 1. The molecule has 1 aromatic heterocycles. The lowest BCUT2D eigenvalue weighted by atomic mass is 9.91. The Morgan fingerprint density at radius 2 is 1.68 bits per heavy atom. The molecule has 2 aromatic carbocycles. The number of para-hydroxylation sites is 1. The number of amides is 1. The summed E-state index contributed by atoms with van der Waals surface area (Å²) in [6.45, 7) is 4.23. The van der Waals surface area contributed by atoms with Crippen molar-refractivity contribution in [3.8, 4) is 0 Å². The molecule has 1 aliphatic carbocycles. The van der Waals surface area contributed by atoms with Crippen LogP contribution in [0, 0.1) is 11.8 Å². The van der Waals surface area contributed by atoms with Crippen LogP contribution in [-0.4, -0.2) is 27.0 Å². The van der Waals surface area contributed by atoms with Gasteiger partial charge in [0, 0.05) is 5.56 Å². The molecule has 0 spiro atoms. The summed E-state index contributed by atoms with van der Waals surface area (Å²) in [6.07, 6.45) is 1.80. The summed E-state index contributed by atoms with van der Waals surface area (Å²) in [4.78, 5) is 42.3. The van der Waals surface area contributed by atoms with Crippen LogP contribution in [0.25, 0.3) is 11.0 Å². The van der Waals surface area contributed by atoms with Crippen LogP contribution in [-0.2, 0) is 9.59 Å². The second-order valence-electron chi connectivity index (χ2n) is 8.59. The topological polar surface area (TPSA) is 115 Å². The summed E-state index contributed by atoms with van der Waals surface area (Å²) in [5.74, 6) is -2.03. The van der Waals surface area contributed by atoms with Crippen molar-refractivity contribution in [3.05, 3.63) is 69.6 Å². The molecule has 1 heterocycles. The molecule has 1 aliphatic rings. The Balaban J connectivity index is 1.74. The van der Waals surface area contributed by atoms with Crippen molar-refractivity contribution < 1.29 is 14.7 Å². The Morgan fingerprint density at radius 3 is 2.35 bits per heavy atom. The standard InChI is InChI=1S/C24H27N3O4/c1-13(2)14-9-11-15(12-10-14)20(18-7-4-8-19-21(18)27-24(31)25-19)26-22(28)16-5-3-6-17(16)23(29)30/h4,7-13,16-17,20H,3,5-6H2,1-2H3,(H,26,28)(H,29,30)(H2,25,27,31)/t16?,17?,20-/m1/s1. The first kappa shape index (κ1) is 20.9. The Hall–Kier alpha value is -3.35. The molecule has 3 atom stereocenters. The molecule has 162 valence electrons. The number of H-pyrrole nitrogens is 2. The quantitative estimate of drug-likeness (QED) is 0.486. The number of carboxylic acid groups (broad SMARTS) is 1. The Morgan fingerprint density at radius 1 is 1.00 bits per heavy atom. The van der Waals surface area contributed by atoms with Crippen molar-refractivity contribution in [2.24, 2.45) is 11.8 Å². The highest BCUT2D eigenvalue weighted by molar-refractivity contribution is 5.87. The van der Waals surface area contributed by atoms with E-state index in [0.29, 0.717) is 29.8 Å². The smallest absolute Gasteiger partial charge is 0.323 e. The molecule has 3 aromatic rings. The molecule has 0 saturated heterocycles. The van der Waals surface area contributed by atoms with E-state index in [1.807, 2.05) is 36.4 Å². The van der Waals surface area contributed by atoms with Crippen molar-refractivity contribution in [2.45, 2.75) is 45.1 Å². The van der Waals surface area contributed by atoms with Crippen molar-refractivity contribution >= 4 is 22.9 Å². The zero-order valence-corrected chi connectivity index (χ0v) is 17.6. The monoisotopic (exact) mass is 421 g/mol. The van der Waals surface area contributed by atoms with Crippen LogP contribution in [0.4, 0.5) is 0 Å².